The van der Waals surface area contributed by atoms with Crippen LogP contribution in [0.15, 0.2) is 12.4 Å². The van der Waals surface area contributed by atoms with Crippen LogP contribution < -0.4 is 0 Å². The highest BCUT2D eigenvalue weighted by molar-refractivity contribution is 6.35. The van der Waals surface area contributed by atoms with Gasteiger partial charge in [-0.3, -0.25) is 4.79 Å². The van der Waals surface area contributed by atoms with Gasteiger partial charge in [-0.2, -0.15) is 0 Å². The molecule has 0 radical (unpaired) electrons. The zero-order valence-electron chi connectivity index (χ0n) is 17.4. The lowest BCUT2D eigenvalue weighted by molar-refractivity contribution is 0.0498. The van der Waals surface area contributed by atoms with Crippen molar-refractivity contribution < 1.29 is 19.1 Å². The largest absolute Gasteiger partial charge is 0.449 e. The minimum Gasteiger partial charge on any atom is -0.449 e. The molecule has 1 aliphatic rings. The minimum atomic E-state index is -0.527. The van der Waals surface area contributed by atoms with Crippen molar-refractivity contribution in [2.24, 2.45) is 11.8 Å². The van der Waals surface area contributed by atoms with Gasteiger partial charge >= 0.3 is 6.09 Å². The Labute approximate surface area is 175 Å². The number of amides is 1. The van der Waals surface area contributed by atoms with E-state index in [1.165, 1.54) is 10.8 Å². The molecule has 0 unspecified atom stereocenters. The van der Waals surface area contributed by atoms with E-state index in [2.05, 4.69) is 4.98 Å². The lowest BCUT2D eigenvalue weighted by Gasteiger charge is -2.27. The van der Waals surface area contributed by atoms with E-state index in [-0.39, 0.29) is 17.0 Å². The first-order valence-corrected chi connectivity index (χ1v) is 10.3. The number of hydrogen-bond acceptors (Lipinski definition) is 5. The summed E-state index contributed by atoms with van der Waals surface area (Å²) in [6, 6.07) is 0. The first-order chi connectivity index (χ1) is 13.8. The zero-order valence-corrected chi connectivity index (χ0v) is 18.2. The zero-order chi connectivity index (χ0) is 21.1. The molecule has 0 saturated carbocycles. The molecule has 158 valence electrons. The highest BCUT2D eigenvalue weighted by Gasteiger charge is 2.25. The Balaban J connectivity index is 1.91. The second-order valence-corrected chi connectivity index (χ2v) is 8.44. The van der Waals surface area contributed by atoms with E-state index in [1.54, 1.807) is 18.1 Å². The Morgan fingerprint density at radius 3 is 2.72 bits per heavy atom. The summed E-state index contributed by atoms with van der Waals surface area (Å²) in [5, 5.41) is 0.800. The molecule has 0 spiro atoms. The average molecular weight is 422 g/mol. The van der Waals surface area contributed by atoms with E-state index < -0.39 is 6.09 Å². The van der Waals surface area contributed by atoms with Crippen molar-refractivity contribution in [3.05, 3.63) is 28.7 Å². The number of nitrogens with zero attached hydrogens (tertiary/aromatic N) is 3. The molecule has 3 heterocycles. The predicted octanol–water partition coefficient (Wildman–Crippen LogP) is 4.14. The Hall–Kier alpha value is -2.12. The molecule has 29 heavy (non-hydrogen) atoms. The highest BCUT2D eigenvalue weighted by atomic mass is 35.5. The fourth-order valence-electron chi connectivity index (χ4n) is 3.64. The fraction of sp³-hybridized carbons (Fsp3) is 0.571. The number of carbonyl (C=O) groups excluding carboxylic acids is 2. The number of fused-ring (bicyclic) bond motifs is 1. The molecule has 0 N–H and O–H groups in total. The van der Waals surface area contributed by atoms with Crippen LogP contribution in [0.5, 0.6) is 0 Å². The summed E-state index contributed by atoms with van der Waals surface area (Å²) >= 11 is 6.32. The molecule has 7 nitrogen and oxygen atoms in total. The van der Waals surface area contributed by atoms with Crippen molar-refractivity contribution in [3.63, 3.8) is 0 Å². The van der Waals surface area contributed by atoms with Gasteiger partial charge in [-0.15, -0.1) is 0 Å². The van der Waals surface area contributed by atoms with Gasteiger partial charge in [-0.1, -0.05) is 25.4 Å². The molecule has 0 bridgehead atoms. The number of rotatable bonds is 5. The van der Waals surface area contributed by atoms with E-state index in [0.717, 1.165) is 31.6 Å². The average Bonchev–Trinajstić information content (AvgIpc) is 3.05. The number of aromatic nitrogens is 2. The van der Waals surface area contributed by atoms with Crippen LogP contribution >= 0.6 is 11.6 Å². The van der Waals surface area contributed by atoms with E-state index in [0.29, 0.717) is 35.5 Å². The molecule has 1 aliphatic heterocycles. The smallest absolute Gasteiger partial charge is 0.418 e. The topological polar surface area (TPSA) is 73.7 Å². The molecule has 1 amide bonds. The van der Waals surface area contributed by atoms with Crippen molar-refractivity contribution in [1.29, 1.82) is 0 Å². The highest BCUT2D eigenvalue weighted by Crippen LogP contribution is 2.30. The molecule has 3 rings (SSSR count). The predicted molar refractivity (Wildman–Crippen MR) is 112 cm³/mol. The first-order valence-electron chi connectivity index (χ1n) is 9.96. The van der Waals surface area contributed by atoms with Crippen molar-refractivity contribution in [2.45, 2.75) is 33.6 Å². The first kappa shape index (κ1) is 21.6. The summed E-state index contributed by atoms with van der Waals surface area (Å²) in [6.45, 7) is 8.20. The number of ether oxygens (including phenoxy) is 2. The van der Waals surface area contributed by atoms with Crippen LogP contribution in [-0.2, 0) is 9.47 Å². The van der Waals surface area contributed by atoms with Gasteiger partial charge in [0.2, 0.25) is 0 Å². The van der Waals surface area contributed by atoms with Crippen LogP contribution in [0.2, 0.25) is 5.15 Å². The standard InChI is InChI=1S/C21H28ClN3O4/c1-13(2)12-29-21(27)25-10-14(3)17-16(9-23-19(22)18(17)25)20(26)24(4)11-15-5-7-28-8-6-15/h9-10,13,15H,5-8,11-12H2,1-4H3. The molecule has 1 saturated heterocycles. The van der Waals surface area contributed by atoms with Gasteiger partial charge in [0.15, 0.2) is 5.15 Å². The number of carbonyl (C=O) groups is 2. The number of hydrogen-bond donors (Lipinski definition) is 0. The molecule has 0 aromatic carbocycles. The van der Waals surface area contributed by atoms with Gasteiger partial charge in [0.05, 0.1) is 17.7 Å². The maximum Gasteiger partial charge on any atom is 0.418 e. The summed E-state index contributed by atoms with van der Waals surface area (Å²) < 4.78 is 12.1. The van der Waals surface area contributed by atoms with Crippen molar-refractivity contribution in [2.75, 3.05) is 33.4 Å². The van der Waals surface area contributed by atoms with Crippen LogP contribution in [-0.4, -0.2) is 59.9 Å². The molecule has 0 aliphatic carbocycles. The number of aryl methyl sites for hydroxylation is 1. The normalized spacial score (nSPS) is 15.1. The molecule has 0 atom stereocenters. The van der Waals surface area contributed by atoms with Gasteiger partial charge in [-0.05, 0) is 37.2 Å². The fourth-order valence-corrected chi connectivity index (χ4v) is 3.87. The molecular weight excluding hydrogens is 394 g/mol. The van der Waals surface area contributed by atoms with Crippen molar-refractivity contribution in [3.8, 4) is 0 Å². The van der Waals surface area contributed by atoms with E-state index >= 15 is 0 Å². The SMILES string of the molecule is Cc1cn(C(=O)OCC(C)C)c2c(Cl)ncc(C(=O)N(C)CC3CCOCC3)c12. The van der Waals surface area contributed by atoms with E-state index in [9.17, 15) is 9.59 Å². The molecule has 1 fully saturated rings. The van der Waals surface area contributed by atoms with Crippen molar-refractivity contribution in [1.82, 2.24) is 14.5 Å². The van der Waals surface area contributed by atoms with Gasteiger partial charge < -0.3 is 14.4 Å². The minimum absolute atomic E-state index is 0.137. The monoisotopic (exact) mass is 421 g/mol. The molecule has 8 heteroatoms. The second kappa shape index (κ2) is 9.13. The lowest BCUT2D eigenvalue weighted by Crippen LogP contribution is -2.34. The van der Waals surface area contributed by atoms with Crippen molar-refractivity contribution >= 4 is 34.5 Å². The quantitative estimate of drug-likeness (QED) is 0.678. The summed E-state index contributed by atoms with van der Waals surface area (Å²) in [5.41, 5.74) is 1.61. The van der Waals surface area contributed by atoms with Gasteiger partial charge in [0.1, 0.15) is 0 Å². The lowest BCUT2D eigenvalue weighted by atomic mass is 9.99. The number of halogens is 1. The van der Waals surface area contributed by atoms with Crippen LogP contribution in [0, 0.1) is 18.8 Å². The summed E-state index contributed by atoms with van der Waals surface area (Å²) in [4.78, 5) is 31.6. The Bertz CT molecular complexity index is 903. The van der Waals surface area contributed by atoms with Crippen LogP contribution in [0.1, 0.15) is 42.6 Å². The Kier molecular flexibility index (Phi) is 6.80. The Morgan fingerprint density at radius 2 is 2.07 bits per heavy atom. The number of pyridine rings is 1. The molecular formula is C21H28ClN3O4. The summed E-state index contributed by atoms with van der Waals surface area (Å²) in [6.07, 6.45) is 4.51. The Morgan fingerprint density at radius 1 is 1.38 bits per heavy atom. The second-order valence-electron chi connectivity index (χ2n) is 8.08. The van der Waals surface area contributed by atoms with Gasteiger partial charge in [0.25, 0.3) is 5.91 Å². The van der Waals surface area contributed by atoms with E-state index in [1.807, 2.05) is 20.8 Å². The molecule has 2 aromatic heterocycles. The molecule has 2 aromatic rings. The van der Waals surface area contributed by atoms with Crippen LogP contribution in [0.25, 0.3) is 10.9 Å². The summed E-state index contributed by atoms with van der Waals surface area (Å²) in [5.74, 6) is 0.499. The van der Waals surface area contributed by atoms with Gasteiger partial charge in [-0.25, -0.2) is 14.3 Å². The third-order valence-corrected chi connectivity index (χ3v) is 5.43. The third kappa shape index (κ3) is 4.73. The van der Waals surface area contributed by atoms with Gasteiger partial charge in [0, 0.05) is 44.6 Å². The summed E-state index contributed by atoms with van der Waals surface area (Å²) in [7, 11) is 1.79. The maximum atomic E-state index is 13.2. The van der Waals surface area contributed by atoms with Crippen LogP contribution in [0.4, 0.5) is 4.79 Å². The van der Waals surface area contributed by atoms with Crippen LogP contribution in [0.3, 0.4) is 0 Å². The third-order valence-electron chi connectivity index (χ3n) is 5.15. The maximum absolute atomic E-state index is 13.2. The van der Waals surface area contributed by atoms with E-state index in [4.69, 9.17) is 21.1 Å².